The van der Waals surface area contributed by atoms with Crippen molar-refractivity contribution in [2.75, 3.05) is 0 Å². The number of rotatable bonds is 5. The molecule has 1 aliphatic heterocycles. The first-order chi connectivity index (χ1) is 13.5. The predicted octanol–water partition coefficient (Wildman–Crippen LogP) is 3.65. The van der Waals surface area contributed by atoms with E-state index in [9.17, 15) is 24.5 Å². The minimum absolute atomic E-state index is 0.144. The highest BCUT2D eigenvalue weighted by Gasteiger charge is 2.47. The van der Waals surface area contributed by atoms with Gasteiger partial charge in [0, 0.05) is 17.8 Å². The Morgan fingerprint density at radius 3 is 2.34 bits per heavy atom. The van der Waals surface area contributed by atoms with Crippen LogP contribution in [0.5, 0.6) is 0 Å². The first kappa shape index (κ1) is 22.0. The zero-order valence-electron chi connectivity index (χ0n) is 16.8. The number of ether oxygens (including phenoxy) is 2. The molecule has 1 aromatic rings. The average molecular weight is 405 g/mol. The molecule has 10 nitrogen and oxygen atoms in total. The molecule has 1 unspecified atom stereocenters. The Morgan fingerprint density at radius 1 is 1.17 bits per heavy atom. The summed E-state index contributed by atoms with van der Waals surface area (Å²) in [5, 5.41) is 11.2. The molecule has 0 radical (unpaired) electrons. The maximum Gasteiger partial charge on any atom is 0.418 e. The molecule has 3 amide bonds. The monoisotopic (exact) mass is 405 g/mol. The Labute approximate surface area is 167 Å². The number of hydrogen-bond acceptors (Lipinski definition) is 7. The summed E-state index contributed by atoms with van der Waals surface area (Å²) in [4.78, 5) is 53.1. The van der Waals surface area contributed by atoms with Crippen molar-refractivity contribution in [1.82, 2.24) is 4.90 Å². The maximum atomic E-state index is 12.8. The maximum absolute atomic E-state index is 12.8. The fraction of sp³-hybridized carbons (Fsp3) is 0.474. The molecule has 1 heterocycles. The number of benzene rings is 1. The predicted molar refractivity (Wildman–Crippen MR) is 103 cm³/mol. The van der Waals surface area contributed by atoms with Crippen LogP contribution in [-0.4, -0.2) is 45.8 Å². The van der Waals surface area contributed by atoms with Crippen molar-refractivity contribution in [3.8, 4) is 0 Å². The molecule has 0 spiro atoms. The van der Waals surface area contributed by atoms with E-state index in [1.54, 1.807) is 27.7 Å². The summed E-state index contributed by atoms with van der Waals surface area (Å²) in [5.41, 5.74) is 0.113. The number of carbonyl (C=O) groups is 3. The van der Waals surface area contributed by atoms with Crippen molar-refractivity contribution in [3.63, 3.8) is 0 Å². The van der Waals surface area contributed by atoms with Crippen molar-refractivity contribution in [2.45, 2.75) is 52.9 Å². The highest BCUT2D eigenvalue weighted by molar-refractivity contribution is 6.11. The lowest BCUT2D eigenvalue weighted by Crippen LogP contribution is -2.50. The topological polar surface area (TPSA) is 128 Å². The van der Waals surface area contributed by atoms with E-state index in [0.29, 0.717) is 4.90 Å². The molecule has 0 aliphatic carbocycles. The Hall–Kier alpha value is -3.30. The van der Waals surface area contributed by atoms with Crippen molar-refractivity contribution >= 4 is 29.5 Å². The van der Waals surface area contributed by atoms with Gasteiger partial charge in [0.25, 0.3) is 5.69 Å². The molecular formula is C19H23N3O7. The van der Waals surface area contributed by atoms with Crippen LogP contribution in [0, 0.1) is 16.0 Å². The van der Waals surface area contributed by atoms with Crippen LogP contribution < -0.4 is 0 Å². The second-order valence-electron chi connectivity index (χ2n) is 7.10. The number of nitro groups is 1. The highest BCUT2D eigenvalue weighted by Crippen LogP contribution is 2.37. The van der Waals surface area contributed by atoms with Gasteiger partial charge in [-0.1, -0.05) is 12.1 Å². The lowest BCUT2D eigenvalue weighted by Gasteiger charge is -2.36. The van der Waals surface area contributed by atoms with Crippen LogP contribution in [0.15, 0.2) is 29.3 Å². The van der Waals surface area contributed by atoms with Crippen LogP contribution in [0.1, 0.15) is 46.2 Å². The molecule has 0 saturated heterocycles. The van der Waals surface area contributed by atoms with Crippen molar-refractivity contribution in [1.29, 1.82) is 0 Å². The second kappa shape index (κ2) is 8.80. The Kier molecular flexibility index (Phi) is 6.68. The standard InChI is InChI=1S/C19H23N3O7/c1-10(2)28-17(23)15-12(5)20-18(24)21(19(25)29-11(3)4)16(15)13-7-6-8-14(9-13)22(26)27/h6-11,15-16H,1-5H3/t15?,16-/m0/s1. The van der Waals surface area contributed by atoms with Gasteiger partial charge >= 0.3 is 18.1 Å². The van der Waals surface area contributed by atoms with E-state index in [0.717, 1.165) is 0 Å². The molecular weight excluding hydrogens is 382 g/mol. The van der Waals surface area contributed by atoms with Crippen molar-refractivity contribution in [3.05, 3.63) is 39.9 Å². The lowest BCUT2D eigenvalue weighted by molar-refractivity contribution is -0.385. The van der Waals surface area contributed by atoms with E-state index in [4.69, 9.17) is 9.47 Å². The van der Waals surface area contributed by atoms with Crippen molar-refractivity contribution in [2.24, 2.45) is 10.9 Å². The number of hydrogen-bond donors (Lipinski definition) is 0. The van der Waals surface area contributed by atoms with Gasteiger partial charge in [-0.25, -0.2) is 19.5 Å². The third-order valence-corrected chi connectivity index (χ3v) is 4.08. The summed E-state index contributed by atoms with van der Waals surface area (Å²) in [5.74, 6) is -1.83. The minimum Gasteiger partial charge on any atom is -0.462 e. The molecule has 2 rings (SSSR count). The summed E-state index contributed by atoms with van der Waals surface area (Å²) < 4.78 is 10.4. The summed E-state index contributed by atoms with van der Waals surface area (Å²) in [6.07, 6.45) is -1.98. The van der Waals surface area contributed by atoms with Gasteiger partial charge in [0.1, 0.15) is 5.92 Å². The number of urea groups is 1. The van der Waals surface area contributed by atoms with Gasteiger partial charge in [-0.3, -0.25) is 14.9 Å². The molecule has 0 N–H and O–H groups in total. The molecule has 29 heavy (non-hydrogen) atoms. The number of carbonyl (C=O) groups excluding carboxylic acids is 3. The number of amides is 3. The largest absolute Gasteiger partial charge is 0.462 e. The van der Waals surface area contributed by atoms with Crippen LogP contribution in [0.4, 0.5) is 15.3 Å². The van der Waals surface area contributed by atoms with Gasteiger partial charge in [0.15, 0.2) is 0 Å². The molecule has 156 valence electrons. The minimum atomic E-state index is -1.20. The van der Waals surface area contributed by atoms with Gasteiger partial charge in [-0.15, -0.1) is 0 Å². The van der Waals surface area contributed by atoms with E-state index >= 15 is 0 Å². The first-order valence-electron chi connectivity index (χ1n) is 9.06. The highest BCUT2D eigenvalue weighted by atomic mass is 16.6. The Balaban J connectivity index is 2.64. The van der Waals surface area contributed by atoms with Crippen molar-refractivity contribution < 1.29 is 28.8 Å². The molecule has 10 heteroatoms. The second-order valence-corrected chi connectivity index (χ2v) is 7.10. The van der Waals surface area contributed by atoms with Crippen LogP contribution in [-0.2, 0) is 14.3 Å². The number of nitrogens with zero attached hydrogens (tertiary/aromatic N) is 3. The third-order valence-electron chi connectivity index (χ3n) is 4.08. The molecule has 2 atom stereocenters. The van der Waals surface area contributed by atoms with E-state index in [2.05, 4.69) is 4.99 Å². The van der Waals surface area contributed by atoms with Crippen LogP contribution in [0.3, 0.4) is 0 Å². The number of imide groups is 1. The number of non-ortho nitro benzene ring substituents is 1. The summed E-state index contributed by atoms with van der Waals surface area (Å²) in [7, 11) is 0. The van der Waals surface area contributed by atoms with E-state index < -0.39 is 47.2 Å². The zero-order chi connectivity index (χ0) is 21.9. The third kappa shape index (κ3) is 4.95. The zero-order valence-corrected chi connectivity index (χ0v) is 16.8. The summed E-state index contributed by atoms with van der Waals surface area (Å²) in [6.45, 7) is 8.00. The normalized spacial score (nSPS) is 19.2. The average Bonchev–Trinajstić information content (AvgIpc) is 2.59. The Bertz CT molecular complexity index is 863. The molecule has 1 aromatic carbocycles. The van der Waals surface area contributed by atoms with Gasteiger partial charge in [0.2, 0.25) is 0 Å². The van der Waals surface area contributed by atoms with Crippen LogP contribution >= 0.6 is 0 Å². The number of nitro benzene ring substituents is 1. The Morgan fingerprint density at radius 2 is 1.79 bits per heavy atom. The molecule has 0 aromatic heterocycles. The summed E-state index contributed by atoms with van der Waals surface area (Å²) in [6, 6.07) is 3.27. The molecule has 0 saturated carbocycles. The van der Waals surface area contributed by atoms with Gasteiger partial charge in [0.05, 0.1) is 23.2 Å². The van der Waals surface area contributed by atoms with E-state index in [1.807, 2.05) is 0 Å². The number of esters is 1. The molecule has 0 fully saturated rings. The van der Waals surface area contributed by atoms with Gasteiger partial charge < -0.3 is 9.47 Å². The summed E-state index contributed by atoms with van der Waals surface area (Å²) >= 11 is 0. The fourth-order valence-electron chi connectivity index (χ4n) is 2.99. The van der Waals surface area contributed by atoms with E-state index in [-0.39, 0.29) is 17.0 Å². The lowest BCUT2D eigenvalue weighted by atomic mass is 9.87. The quantitative estimate of drug-likeness (QED) is 0.415. The van der Waals surface area contributed by atoms with Crippen LogP contribution in [0.25, 0.3) is 0 Å². The smallest absolute Gasteiger partial charge is 0.418 e. The fourth-order valence-corrected chi connectivity index (χ4v) is 2.99. The molecule has 1 aliphatic rings. The van der Waals surface area contributed by atoms with Gasteiger partial charge in [-0.05, 0) is 40.2 Å². The van der Waals surface area contributed by atoms with Gasteiger partial charge in [-0.2, -0.15) is 0 Å². The molecule has 0 bridgehead atoms. The van der Waals surface area contributed by atoms with E-state index in [1.165, 1.54) is 31.2 Å². The number of aliphatic imine (C=N–C) groups is 1. The SMILES string of the molecule is CC1=NC(=O)N(C(=O)OC(C)C)[C@@H](c2cccc([N+](=O)[O-])c2)C1C(=O)OC(C)C. The van der Waals surface area contributed by atoms with Crippen LogP contribution in [0.2, 0.25) is 0 Å². The first-order valence-corrected chi connectivity index (χ1v) is 9.06.